The molecule has 1 aromatic rings. The van der Waals surface area contributed by atoms with Crippen molar-refractivity contribution in [3.63, 3.8) is 0 Å². The summed E-state index contributed by atoms with van der Waals surface area (Å²) < 4.78 is 0. The lowest BCUT2D eigenvalue weighted by Gasteiger charge is -2.23. The first-order chi connectivity index (χ1) is 9.75. The summed E-state index contributed by atoms with van der Waals surface area (Å²) in [7, 11) is 0. The summed E-state index contributed by atoms with van der Waals surface area (Å²) in [5.41, 5.74) is 1.34. The molecule has 0 aromatic heterocycles. The second kappa shape index (κ2) is 7.93. The molecule has 3 heteroatoms. The molecule has 2 amide bonds. The summed E-state index contributed by atoms with van der Waals surface area (Å²) in [5, 5.41) is 3.13. The number of amides is 2. The van der Waals surface area contributed by atoms with Crippen molar-refractivity contribution in [3.8, 4) is 0 Å². The van der Waals surface area contributed by atoms with Crippen molar-refractivity contribution in [2.24, 2.45) is 0 Å². The Balaban J connectivity index is 1.73. The topological polar surface area (TPSA) is 32.3 Å². The van der Waals surface area contributed by atoms with Crippen LogP contribution in [-0.4, -0.2) is 30.1 Å². The molecule has 20 heavy (non-hydrogen) atoms. The van der Waals surface area contributed by atoms with Crippen molar-refractivity contribution in [1.29, 1.82) is 0 Å². The van der Waals surface area contributed by atoms with E-state index in [0.29, 0.717) is 0 Å². The van der Waals surface area contributed by atoms with Gasteiger partial charge in [0.25, 0.3) is 0 Å². The second-order valence-electron chi connectivity index (χ2n) is 5.78. The van der Waals surface area contributed by atoms with E-state index in [-0.39, 0.29) is 12.1 Å². The van der Waals surface area contributed by atoms with Crippen molar-refractivity contribution in [3.05, 3.63) is 35.9 Å². The van der Waals surface area contributed by atoms with E-state index in [9.17, 15) is 4.79 Å². The molecule has 110 valence electrons. The third kappa shape index (κ3) is 4.87. The molecule has 0 saturated carbocycles. The fraction of sp³-hybridized carbons (Fsp3) is 0.588. The normalized spacial score (nSPS) is 17.4. The highest BCUT2D eigenvalue weighted by molar-refractivity contribution is 5.74. The van der Waals surface area contributed by atoms with Crippen LogP contribution in [0.25, 0.3) is 0 Å². The summed E-state index contributed by atoms with van der Waals surface area (Å²) >= 11 is 0. The van der Waals surface area contributed by atoms with Gasteiger partial charge in [0, 0.05) is 19.1 Å². The Labute approximate surface area is 122 Å². The van der Waals surface area contributed by atoms with Gasteiger partial charge in [-0.3, -0.25) is 0 Å². The minimum atomic E-state index is 0.118. The van der Waals surface area contributed by atoms with Gasteiger partial charge >= 0.3 is 6.03 Å². The SMILES string of the molecule is CC(CCc1ccccc1)NC(=O)N1CCCCCC1. The first-order valence-corrected chi connectivity index (χ1v) is 7.85. The lowest BCUT2D eigenvalue weighted by Crippen LogP contribution is -2.44. The van der Waals surface area contributed by atoms with Crippen LogP contribution in [0.5, 0.6) is 0 Å². The number of likely N-dealkylation sites (tertiary alicyclic amines) is 1. The third-order valence-electron chi connectivity index (χ3n) is 3.97. The van der Waals surface area contributed by atoms with Gasteiger partial charge in [-0.15, -0.1) is 0 Å². The number of benzene rings is 1. The molecule has 1 aliphatic heterocycles. The molecule has 0 aliphatic carbocycles. The minimum absolute atomic E-state index is 0.118. The van der Waals surface area contributed by atoms with Gasteiger partial charge in [0.2, 0.25) is 0 Å². The molecule has 1 saturated heterocycles. The molecule has 1 atom stereocenters. The summed E-state index contributed by atoms with van der Waals surface area (Å²) in [5.74, 6) is 0. The Bertz CT molecular complexity index is 397. The average Bonchev–Trinajstić information content (AvgIpc) is 2.75. The lowest BCUT2D eigenvalue weighted by molar-refractivity contribution is 0.196. The monoisotopic (exact) mass is 274 g/mol. The number of rotatable bonds is 4. The first-order valence-electron chi connectivity index (χ1n) is 7.85. The van der Waals surface area contributed by atoms with Gasteiger partial charge in [-0.1, -0.05) is 43.2 Å². The van der Waals surface area contributed by atoms with Crippen LogP contribution in [0.3, 0.4) is 0 Å². The maximum Gasteiger partial charge on any atom is 0.317 e. The van der Waals surface area contributed by atoms with Crippen LogP contribution < -0.4 is 5.32 Å². The molecule has 1 unspecified atom stereocenters. The number of hydrogen-bond acceptors (Lipinski definition) is 1. The Hall–Kier alpha value is -1.51. The van der Waals surface area contributed by atoms with Crippen LogP contribution in [0, 0.1) is 0 Å². The molecule has 1 aromatic carbocycles. The predicted octanol–water partition coefficient (Wildman–Crippen LogP) is 3.59. The van der Waals surface area contributed by atoms with Crippen molar-refractivity contribution in [2.75, 3.05) is 13.1 Å². The van der Waals surface area contributed by atoms with Gasteiger partial charge in [0.15, 0.2) is 0 Å². The number of hydrogen-bond donors (Lipinski definition) is 1. The van der Waals surface area contributed by atoms with Gasteiger partial charge < -0.3 is 10.2 Å². The second-order valence-corrected chi connectivity index (χ2v) is 5.78. The third-order valence-corrected chi connectivity index (χ3v) is 3.97. The molecule has 0 bridgehead atoms. The molecule has 0 radical (unpaired) electrons. The van der Waals surface area contributed by atoms with Crippen LogP contribution in [0.15, 0.2) is 30.3 Å². The van der Waals surface area contributed by atoms with E-state index in [1.807, 2.05) is 11.0 Å². The quantitative estimate of drug-likeness (QED) is 0.894. The van der Waals surface area contributed by atoms with E-state index < -0.39 is 0 Å². The van der Waals surface area contributed by atoms with Gasteiger partial charge in [0.1, 0.15) is 0 Å². The number of nitrogens with zero attached hydrogens (tertiary/aromatic N) is 1. The van der Waals surface area contributed by atoms with Gasteiger partial charge in [0.05, 0.1) is 0 Å². The molecule has 1 aliphatic rings. The van der Waals surface area contributed by atoms with Crippen molar-refractivity contribution in [2.45, 2.75) is 51.5 Å². The molecule has 1 heterocycles. The average molecular weight is 274 g/mol. The first kappa shape index (κ1) is 14.9. The Kier molecular flexibility index (Phi) is 5.90. The van der Waals surface area contributed by atoms with Crippen LogP contribution in [-0.2, 0) is 6.42 Å². The molecule has 3 nitrogen and oxygen atoms in total. The Morgan fingerprint density at radius 2 is 1.80 bits per heavy atom. The van der Waals surface area contributed by atoms with E-state index in [1.54, 1.807) is 0 Å². The fourth-order valence-corrected chi connectivity index (χ4v) is 2.68. The predicted molar refractivity (Wildman–Crippen MR) is 82.8 cm³/mol. The maximum absolute atomic E-state index is 12.2. The summed E-state index contributed by atoms with van der Waals surface area (Å²) in [6.07, 6.45) is 6.81. The molecule has 1 N–H and O–H groups in total. The highest BCUT2D eigenvalue weighted by Gasteiger charge is 2.16. The number of aryl methyl sites for hydroxylation is 1. The summed E-state index contributed by atoms with van der Waals surface area (Å²) in [4.78, 5) is 14.2. The van der Waals surface area contributed by atoms with Gasteiger partial charge in [-0.05, 0) is 38.2 Å². The zero-order valence-corrected chi connectivity index (χ0v) is 12.5. The number of nitrogens with one attached hydrogen (secondary N) is 1. The van der Waals surface area contributed by atoms with E-state index in [1.165, 1.54) is 18.4 Å². The molecular formula is C17H26N2O. The highest BCUT2D eigenvalue weighted by atomic mass is 16.2. The van der Waals surface area contributed by atoms with Crippen LogP contribution >= 0.6 is 0 Å². The number of carbonyl (C=O) groups excluding carboxylic acids is 1. The van der Waals surface area contributed by atoms with Crippen LogP contribution in [0.4, 0.5) is 4.79 Å². The number of carbonyl (C=O) groups is 1. The van der Waals surface area contributed by atoms with Crippen molar-refractivity contribution < 1.29 is 4.79 Å². The van der Waals surface area contributed by atoms with E-state index in [4.69, 9.17) is 0 Å². The minimum Gasteiger partial charge on any atom is -0.336 e. The van der Waals surface area contributed by atoms with E-state index in [0.717, 1.165) is 38.8 Å². The number of urea groups is 1. The smallest absolute Gasteiger partial charge is 0.317 e. The molecule has 0 spiro atoms. The van der Waals surface area contributed by atoms with E-state index >= 15 is 0 Å². The summed E-state index contributed by atoms with van der Waals surface area (Å²) in [6.45, 7) is 3.92. The van der Waals surface area contributed by atoms with Crippen molar-refractivity contribution >= 4 is 6.03 Å². The molecule has 2 rings (SSSR count). The maximum atomic E-state index is 12.2. The zero-order chi connectivity index (χ0) is 14.2. The summed E-state index contributed by atoms with van der Waals surface area (Å²) in [6, 6.07) is 10.8. The molecule has 1 fully saturated rings. The Morgan fingerprint density at radius 3 is 2.45 bits per heavy atom. The largest absolute Gasteiger partial charge is 0.336 e. The standard InChI is InChI=1S/C17H26N2O/c1-15(11-12-16-9-5-4-6-10-16)18-17(20)19-13-7-2-3-8-14-19/h4-6,9-10,15H,2-3,7-8,11-14H2,1H3,(H,18,20). The van der Waals surface area contributed by atoms with Gasteiger partial charge in [-0.2, -0.15) is 0 Å². The highest BCUT2D eigenvalue weighted by Crippen LogP contribution is 2.10. The van der Waals surface area contributed by atoms with Crippen molar-refractivity contribution in [1.82, 2.24) is 10.2 Å². The lowest BCUT2D eigenvalue weighted by atomic mass is 10.1. The van der Waals surface area contributed by atoms with Crippen LogP contribution in [0.2, 0.25) is 0 Å². The Morgan fingerprint density at radius 1 is 1.15 bits per heavy atom. The van der Waals surface area contributed by atoms with Crippen LogP contribution in [0.1, 0.15) is 44.6 Å². The fourth-order valence-electron chi connectivity index (χ4n) is 2.68. The van der Waals surface area contributed by atoms with E-state index in [2.05, 4.69) is 36.5 Å². The van der Waals surface area contributed by atoms with Gasteiger partial charge in [-0.25, -0.2) is 4.79 Å². The zero-order valence-electron chi connectivity index (χ0n) is 12.5. The molecular weight excluding hydrogens is 248 g/mol.